The second kappa shape index (κ2) is 9.27. The number of benzene rings is 3. The van der Waals surface area contributed by atoms with E-state index in [0.29, 0.717) is 18.0 Å². The molecular weight excluding hydrogens is 398 g/mol. The van der Waals surface area contributed by atoms with Gasteiger partial charge in [-0.25, -0.2) is 0 Å². The van der Waals surface area contributed by atoms with E-state index < -0.39 is 0 Å². The van der Waals surface area contributed by atoms with Crippen molar-refractivity contribution in [2.45, 2.75) is 33.0 Å². The number of carbonyl (C=O) groups excluding carboxylic acids is 2. The maximum absolute atomic E-state index is 12.9. The molecule has 2 amide bonds. The van der Waals surface area contributed by atoms with E-state index in [4.69, 9.17) is 0 Å². The number of nitrogens with zero attached hydrogens (tertiary/aromatic N) is 1. The summed E-state index contributed by atoms with van der Waals surface area (Å²) in [6, 6.07) is 25.0. The van der Waals surface area contributed by atoms with Gasteiger partial charge in [-0.05, 0) is 48.7 Å². The molecule has 0 saturated heterocycles. The zero-order valence-electron chi connectivity index (χ0n) is 18.7. The molecular formula is C27H29N3O2. The highest BCUT2D eigenvalue weighted by Gasteiger charge is 2.36. The van der Waals surface area contributed by atoms with Gasteiger partial charge in [0.05, 0.1) is 6.04 Å². The number of nitrogens with one attached hydrogen (secondary N) is 2. The van der Waals surface area contributed by atoms with Crippen LogP contribution >= 0.6 is 0 Å². The third-order valence-corrected chi connectivity index (χ3v) is 5.72. The lowest BCUT2D eigenvalue weighted by Crippen LogP contribution is -2.35. The topological polar surface area (TPSA) is 61.4 Å². The highest BCUT2D eigenvalue weighted by Crippen LogP contribution is 2.34. The molecule has 2 atom stereocenters. The van der Waals surface area contributed by atoms with Gasteiger partial charge in [0, 0.05) is 28.9 Å². The van der Waals surface area contributed by atoms with Crippen LogP contribution in [0, 0.1) is 5.92 Å². The van der Waals surface area contributed by atoms with Gasteiger partial charge < -0.3 is 15.5 Å². The first-order chi connectivity index (χ1) is 15.4. The molecule has 0 saturated carbocycles. The Morgan fingerprint density at radius 2 is 1.56 bits per heavy atom. The molecule has 32 heavy (non-hydrogen) atoms. The third-order valence-electron chi connectivity index (χ3n) is 5.72. The van der Waals surface area contributed by atoms with Crippen molar-refractivity contribution in [3.05, 3.63) is 101 Å². The van der Waals surface area contributed by atoms with Crippen LogP contribution < -0.4 is 10.6 Å². The first-order valence-corrected chi connectivity index (χ1v) is 11.1. The minimum Gasteiger partial charge on any atom is -0.361 e. The van der Waals surface area contributed by atoms with E-state index in [-0.39, 0.29) is 24.0 Å². The summed E-state index contributed by atoms with van der Waals surface area (Å²) in [5.41, 5.74) is 4.25. The van der Waals surface area contributed by atoms with Crippen LogP contribution in [0.3, 0.4) is 0 Å². The molecule has 3 aromatic carbocycles. The molecule has 1 aliphatic rings. The minimum atomic E-state index is -0.223. The average molecular weight is 428 g/mol. The highest BCUT2D eigenvalue weighted by molar-refractivity contribution is 5.99. The summed E-state index contributed by atoms with van der Waals surface area (Å²) >= 11 is 0. The summed E-state index contributed by atoms with van der Waals surface area (Å²) in [5, 5.41) is 6.53. The molecule has 1 aliphatic heterocycles. The van der Waals surface area contributed by atoms with Gasteiger partial charge in [0.25, 0.3) is 11.8 Å². The lowest BCUT2D eigenvalue weighted by atomic mass is 10.1. The van der Waals surface area contributed by atoms with Gasteiger partial charge in [-0.3, -0.25) is 9.59 Å². The molecule has 0 unspecified atom stereocenters. The number of amides is 2. The van der Waals surface area contributed by atoms with Crippen LogP contribution in [0.4, 0.5) is 5.69 Å². The molecule has 0 radical (unpaired) electrons. The molecule has 2 N–H and O–H groups in total. The first kappa shape index (κ1) is 21.6. The summed E-state index contributed by atoms with van der Waals surface area (Å²) in [6.07, 6.45) is -0.223. The number of carbonyl (C=O) groups is 2. The molecule has 0 fully saturated rings. The predicted molar refractivity (Wildman–Crippen MR) is 127 cm³/mol. The number of hydrogen-bond acceptors (Lipinski definition) is 3. The van der Waals surface area contributed by atoms with Crippen LogP contribution in [0.1, 0.15) is 64.8 Å². The molecule has 0 aliphatic carbocycles. The van der Waals surface area contributed by atoms with E-state index in [1.54, 1.807) is 0 Å². The zero-order chi connectivity index (χ0) is 22.7. The predicted octanol–water partition coefficient (Wildman–Crippen LogP) is 5.40. The Kier molecular flexibility index (Phi) is 6.26. The SMILES string of the molecule is CC(C)CN1C(=O)c2ccccc2[C@@H]1Nc1ccc(C(=O)N[C@@H](C)c2ccccc2)cc1. The van der Waals surface area contributed by atoms with Crippen molar-refractivity contribution in [2.75, 3.05) is 11.9 Å². The smallest absolute Gasteiger partial charge is 0.256 e. The van der Waals surface area contributed by atoms with Crippen molar-refractivity contribution < 1.29 is 9.59 Å². The van der Waals surface area contributed by atoms with Crippen molar-refractivity contribution in [3.63, 3.8) is 0 Å². The number of fused-ring (bicyclic) bond motifs is 1. The van der Waals surface area contributed by atoms with E-state index in [2.05, 4.69) is 24.5 Å². The van der Waals surface area contributed by atoms with Crippen LogP contribution in [-0.2, 0) is 0 Å². The monoisotopic (exact) mass is 427 g/mol. The van der Waals surface area contributed by atoms with Crippen molar-refractivity contribution in [3.8, 4) is 0 Å². The summed E-state index contributed by atoms with van der Waals surface area (Å²) in [5.74, 6) is 0.295. The summed E-state index contributed by atoms with van der Waals surface area (Å²) in [7, 11) is 0. The molecule has 0 bridgehead atoms. The Labute approximate surface area is 189 Å². The van der Waals surface area contributed by atoms with Crippen LogP contribution in [0.15, 0.2) is 78.9 Å². The van der Waals surface area contributed by atoms with Gasteiger partial charge in [-0.1, -0.05) is 62.4 Å². The molecule has 3 aromatic rings. The van der Waals surface area contributed by atoms with E-state index in [0.717, 1.165) is 22.4 Å². The number of anilines is 1. The highest BCUT2D eigenvalue weighted by atomic mass is 16.2. The van der Waals surface area contributed by atoms with E-state index in [1.807, 2.05) is 90.7 Å². The maximum Gasteiger partial charge on any atom is 0.256 e. The Hall–Kier alpha value is -3.60. The van der Waals surface area contributed by atoms with Crippen LogP contribution in [0.5, 0.6) is 0 Å². The number of rotatable bonds is 7. The lowest BCUT2D eigenvalue weighted by molar-refractivity contribution is 0.0720. The fraction of sp³-hybridized carbons (Fsp3) is 0.259. The normalized spacial score (nSPS) is 16.1. The maximum atomic E-state index is 12.9. The third kappa shape index (κ3) is 4.52. The number of hydrogen-bond donors (Lipinski definition) is 2. The van der Waals surface area contributed by atoms with Crippen molar-refractivity contribution in [2.24, 2.45) is 5.92 Å². The Morgan fingerprint density at radius 1 is 0.906 bits per heavy atom. The molecule has 1 heterocycles. The van der Waals surface area contributed by atoms with Crippen LogP contribution in [0.2, 0.25) is 0 Å². The van der Waals surface area contributed by atoms with Crippen LogP contribution in [0.25, 0.3) is 0 Å². The Morgan fingerprint density at radius 3 is 2.25 bits per heavy atom. The standard InChI is InChI=1S/C27H29N3O2/c1-18(2)17-30-25(23-11-7-8-12-24(23)27(30)32)29-22-15-13-21(14-16-22)26(31)28-19(3)20-9-5-4-6-10-20/h4-16,18-19,25,29H,17H2,1-3H3,(H,28,31)/t19-,25+/m0/s1. The largest absolute Gasteiger partial charge is 0.361 e. The minimum absolute atomic E-state index is 0.0534. The average Bonchev–Trinajstić information content (AvgIpc) is 3.05. The zero-order valence-corrected chi connectivity index (χ0v) is 18.7. The first-order valence-electron chi connectivity index (χ1n) is 11.1. The van der Waals surface area contributed by atoms with Gasteiger partial charge in [0.15, 0.2) is 0 Å². The second-order valence-electron chi connectivity index (χ2n) is 8.67. The molecule has 0 aromatic heterocycles. The lowest BCUT2D eigenvalue weighted by Gasteiger charge is -2.28. The van der Waals surface area contributed by atoms with E-state index in [1.165, 1.54) is 0 Å². The summed E-state index contributed by atoms with van der Waals surface area (Å²) in [4.78, 5) is 27.5. The summed E-state index contributed by atoms with van der Waals surface area (Å²) in [6.45, 7) is 6.86. The quantitative estimate of drug-likeness (QED) is 0.531. The van der Waals surface area contributed by atoms with Crippen LogP contribution in [-0.4, -0.2) is 23.3 Å². The molecule has 5 nitrogen and oxygen atoms in total. The second-order valence-corrected chi connectivity index (χ2v) is 8.67. The van der Waals surface area contributed by atoms with Crippen molar-refractivity contribution >= 4 is 17.5 Å². The van der Waals surface area contributed by atoms with Gasteiger partial charge in [0.1, 0.15) is 6.17 Å². The van der Waals surface area contributed by atoms with Gasteiger partial charge in [-0.15, -0.1) is 0 Å². The fourth-order valence-electron chi connectivity index (χ4n) is 4.09. The van der Waals surface area contributed by atoms with Crippen molar-refractivity contribution in [1.29, 1.82) is 0 Å². The fourth-order valence-corrected chi connectivity index (χ4v) is 4.09. The van der Waals surface area contributed by atoms with Crippen molar-refractivity contribution in [1.82, 2.24) is 10.2 Å². The molecule has 0 spiro atoms. The van der Waals surface area contributed by atoms with Gasteiger partial charge in [0.2, 0.25) is 0 Å². The Bertz CT molecular complexity index is 1090. The molecule has 4 rings (SSSR count). The van der Waals surface area contributed by atoms with E-state index >= 15 is 0 Å². The molecule has 5 heteroatoms. The molecule has 164 valence electrons. The van der Waals surface area contributed by atoms with E-state index in [9.17, 15) is 9.59 Å². The van der Waals surface area contributed by atoms with Gasteiger partial charge >= 0.3 is 0 Å². The summed E-state index contributed by atoms with van der Waals surface area (Å²) < 4.78 is 0. The Balaban J connectivity index is 1.48. The van der Waals surface area contributed by atoms with Gasteiger partial charge in [-0.2, -0.15) is 0 Å².